The quantitative estimate of drug-likeness (QED) is 0.716. The standard InChI is InChI=1S/C13H19NO2/c1-9(14-5-4-10-2-3-10)11-6-12(15)8-13(16)7-11/h6-10,14-16H,2-5H2,1H3. The third-order valence-corrected chi connectivity index (χ3v) is 3.12. The van der Waals surface area contributed by atoms with Gasteiger partial charge >= 0.3 is 0 Å². The fraction of sp³-hybridized carbons (Fsp3) is 0.538. The number of nitrogens with one attached hydrogen (secondary N) is 1. The molecule has 1 saturated carbocycles. The summed E-state index contributed by atoms with van der Waals surface area (Å²) in [6.07, 6.45) is 3.99. The summed E-state index contributed by atoms with van der Waals surface area (Å²) in [7, 11) is 0. The summed E-state index contributed by atoms with van der Waals surface area (Å²) >= 11 is 0. The molecular formula is C13H19NO2. The van der Waals surface area contributed by atoms with Crippen molar-refractivity contribution < 1.29 is 10.2 Å². The summed E-state index contributed by atoms with van der Waals surface area (Å²) in [5, 5.41) is 22.2. The van der Waals surface area contributed by atoms with Gasteiger partial charge in [-0.05, 0) is 43.5 Å². The number of hydrogen-bond donors (Lipinski definition) is 3. The van der Waals surface area contributed by atoms with Gasteiger partial charge in [0.05, 0.1) is 0 Å². The van der Waals surface area contributed by atoms with Crippen LogP contribution in [0.1, 0.15) is 37.8 Å². The molecule has 0 spiro atoms. The number of rotatable bonds is 5. The van der Waals surface area contributed by atoms with Gasteiger partial charge in [-0.3, -0.25) is 0 Å². The van der Waals surface area contributed by atoms with Crippen LogP contribution in [0.3, 0.4) is 0 Å². The molecule has 1 atom stereocenters. The summed E-state index contributed by atoms with van der Waals surface area (Å²) in [5.41, 5.74) is 0.924. The summed E-state index contributed by atoms with van der Waals surface area (Å²) in [6.45, 7) is 3.05. The first-order valence-corrected chi connectivity index (χ1v) is 5.91. The van der Waals surface area contributed by atoms with Gasteiger partial charge in [0.25, 0.3) is 0 Å². The molecule has 3 heteroatoms. The zero-order valence-corrected chi connectivity index (χ0v) is 9.61. The summed E-state index contributed by atoms with van der Waals surface area (Å²) in [4.78, 5) is 0. The predicted octanol–water partition coefficient (Wildman–Crippen LogP) is 2.55. The lowest BCUT2D eigenvalue weighted by Gasteiger charge is -2.14. The minimum absolute atomic E-state index is 0.117. The van der Waals surface area contributed by atoms with Crippen LogP contribution >= 0.6 is 0 Å². The molecule has 0 aromatic heterocycles. The number of hydrogen-bond acceptors (Lipinski definition) is 3. The molecule has 0 bridgehead atoms. The van der Waals surface area contributed by atoms with Crippen molar-refractivity contribution in [2.24, 2.45) is 5.92 Å². The van der Waals surface area contributed by atoms with E-state index in [1.54, 1.807) is 12.1 Å². The molecule has 0 saturated heterocycles. The van der Waals surface area contributed by atoms with E-state index in [0.29, 0.717) is 0 Å². The first kappa shape index (κ1) is 11.3. The van der Waals surface area contributed by atoms with E-state index in [1.807, 2.05) is 6.92 Å². The van der Waals surface area contributed by atoms with Crippen LogP contribution in [0.25, 0.3) is 0 Å². The second kappa shape index (κ2) is 4.74. The van der Waals surface area contributed by atoms with Gasteiger partial charge in [0, 0.05) is 12.1 Å². The summed E-state index contributed by atoms with van der Waals surface area (Å²) in [6, 6.07) is 4.89. The minimum Gasteiger partial charge on any atom is -0.508 e. The highest BCUT2D eigenvalue weighted by Gasteiger charge is 2.20. The minimum atomic E-state index is 0.117. The van der Waals surface area contributed by atoms with E-state index in [1.165, 1.54) is 25.3 Å². The fourth-order valence-corrected chi connectivity index (χ4v) is 1.90. The van der Waals surface area contributed by atoms with Crippen molar-refractivity contribution in [1.29, 1.82) is 0 Å². The van der Waals surface area contributed by atoms with E-state index in [2.05, 4.69) is 5.32 Å². The first-order chi connectivity index (χ1) is 7.65. The first-order valence-electron chi connectivity index (χ1n) is 5.91. The Morgan fingerprint density at radius 3 is 2.44 bits per heavy atom. The number of phenolic OH excluding ortho intramolecular Hbond substituents is 2. The Morgan fingerprint density at radius 1 is 1.25 bits per heavy atom. The van der Waals surface area contributed by atoms with Gasteiger partial charge in [0.15, 0.2) is 0 Å². The predicted molar refractivity (Wildman–Crippen MR) is 63.5 cm³/mol. The van der Waals surface area contributed by atoms with Crippen molar-refractivity contribution in [1.82, 2.24) is 5.32 Å². The molecule has 3 N–H and O–H groups in total. The molecule has 16 heavy (non-hydrogen) atoms. The lowest BCUT2D eigenvalue weighted by Crippen LogP contribution is -2.20. The Morgan fingerprint density at radius 2 is 1.88 bits per heavy atom. The lowest BCUT2D eigenvalue weighted by atomic mass is 10.1. The van der Waals surface area contributed by atoms with E-state index in [0.717, 1.165) is 18.0 Å². The molecular weight excluding hydrogens is 202 g/mol. The molecule has 2 rings (SSSR count). The smallest absolute Gasteiger partial charge is 0.119 e. The molecule has 88 valence electrons. The molecule has 0 aliphatic heterocycles. The van der Waals surface area contributed by atoms with Gasteiger partial charge in [0.1, 0.15) is 11.5 Å². The van der Waals surface area contributed by atoms with Gasteiger partial charge in [0.2, 0.25) is 0 Å². The van der Waals surface area contributed by atoms with Gasteiger partial charge in [-0.25, -0.2) is 0 Å². The highest BCUT2D eigenvalue weighted by atomic mass is 16.3. The van der Waals surface area contributed by atoms with E-state index < -0.39 is 0 Å². The Bertz CT molecular complexity index is 341. The zero-order valence-electron chi connectivity index (χ0n) is 9.61. The topological polar surface area (TPSA) is 52.5 Å². The average molecular weight is 221 g/mol. The number of aromatic hydroxyl groups is 2. The molecule has 1 aromatic rings. The third kappa shape index (κ3) is 3.14. The second-order valence-corrected chi connectivity index (χ2v) is 4.69. The van der Waals surface area contributed by atoms with Gasteiger partial charge < -0.3 is 15.5 Å². The Labute approximate surface area is 96.1 Å². The Hall–Kier alpha value is -1.22. The Balaban J connectivity index is 1.88. The molecule has 1 aromatic carbocycles. The fourth-order valence-electron chi connectivity index (χ4n) is 1.90. The summed E-state index contributed by atoms with van der Waals surface area (Å²) < 4.78 is 0. The highest BCUT2D eigenvalue weighted by Crippen LogP contribution is 2.32. The van der Waals surface area contributed by atoms with Gasteiger partial charge in [-0.1, -0.05) is 12.8 Å². The van der Waals surface area contributed by atoms with Crippen LogP contribution in [0, 0.1) is 5.92 Å². The van der Waals surface area contributed by atoms with E-state index in [-0.39, 0.29) is 17.5 Å². The number of benzene rings is 1. The van der Waals surface area contributed by atoms with Crippen LogP contribution in [-0.4, -0.2) is 16.8 Å². The van der Waals surface area contributed by atoms with Crippen LogP contribution in [0.5, 0.6) is 11.5 Å². The molecule has 1 aliphatic rings. The highest BCUT2D eigenvalue weighted by molar-refractivity contribution is 5.37. The lowest BCUT2D eigenvalue weighted by molar-refractivity contribution is 0.445. The van der Waals surface area contributed by atoms with Crippen LogP contribution in [-0.2, 0) is 0 Å². The maximum absolute atomic E-state index is 9.38. The van der Waals surface area contributed by atoms with E-state index >= 15 is 0 Å². The number of phenols is 2. The van der Waals surface area contributed by atoms with E-state index in [9.17, 15) is 10.2 Å². The normalized spacial score (nSPS) is 17.3. The molecule has 0 radical (unpaired) electrons. The van der Waals surface area contributed by atoms with Crippen molar-refractivity contribution in [2.45, 2.75) is 32.2 Å². The summed E-state index contributed by atoms with van der Waals surface area (Å²) in [5.74, 6) is 1.16. The van der Waals surface area contributed by atoms with Crippen molar-refractivity contribution in [3.63, 3.8) is 0 Å². The van der Waals surface area contributed by atoms with Crippen molar-refractivity contribution >= 4 is 0 Å². The van der Waals surface area contributed by atoms with Crippen molar-refractivity contribution in [3.05, 3.63) is 23.8 Å². The molecule has 1 fully saturated rings. The van der Waals surface area contributed by atoms with Crippen LogP contribution < -0.4 is 5.32 Å². The zero-order chi connectivity index (χ0) is 11.5. The maximum Gasteiger partial charge on any atom is 0.119 e. The van der Waals surface area contributed by atoms with Crippen molar-refractivity contribution in [3.8, 4) is 11.5 Å². The molecule has 0 amide bonds. The molecule has 3 nitrogen and oxygen atoms in total. The van der Waals surface area contributed by atoms with Gasteiger partial charge in [-0.2, -0.15) is 0 Å². The Kier molecular flexibility index (Phi) is 3.34. The molecule has 1 unspecified atom stereocenters. The van der Waals surface area contributed by atoms with Crippen LogP contribution in [0.2, 0.25) is 0 Å². The third-order valence-electron chi connectivity index (χ3n) is 3.12. The maximum atomic E-state index is 9.38. The van der Waals surface area contributed by atoms with Crippen molar-refractivity contribution in [2.75, 3.05) is 6.54 Å². The molecule has 0 heterocycles. The second-order valence-electron chi connectivity index (χ2n) is 4.69. The molecule has 1 aliphatic carbocycles. The van der Waals surface area contributed by atoms with E-state index in [4.69, 9.17) is 0 Å². The monoisotopic (exact) mass is 221 g/mol. The van der Waals surface area contributed by atoms with Gasteiger partial charge in [-0.15, -0.1) is 0 Å². The SMILES string of the molecule is CC(NCCC1CC1)c1cc(O)cc(O)c1. The largest absolute Gasteiger partial charge is 0.508 e. The van der Waals surface area contributed by atoms with Crippen LogP contribution in [0.15, 0.2) is 18.2 Å². The average Bonchev–Trinajstić information content (AvgIpc) is 3.00. The van der Waals surface area contributed by atoms with Crippen LogP contribution in [0.4, 0.5) is 0 Å².